The summed E-state index contributed by atoms with van der Waals surface area (Å²) in [5.74, 6) is -2.48. The number of piperidine rings is 1. The normalized spacial score (nSPS) is 34.4. The van der Waals surface area contributed by atoms with E-state index in [1.807, 2.05) is 6.92 Å². The van der Waals surface area contributed by atoms with Crippen molar-refractivity contribution in [2.45, 2.75) is 167 Å². The molecule has 6 aliphatic rings. The standard InChI is InChI=1S/C40H63N3O7S/c1-4-42-22-19-33(51(42,49)50)40(20-13-10-14-21-40)25-30(44)23-28-16-12-9-7-5-6-8-11-15-27(36(46)37(47)41-29-17-18-29)24-32(45)35-34-31(39(34,2)3)26-43(35)38(28)48/h27-29,31,33-35H,4-26H2,1-3H3,(H,41,47)/t27-,28-,31+,33+,34+,35-/m1/s1. The number of nitrogens with one attached hydrogen (secondary N) is 1. The van der Waals surface area contributed by atoms with Crippen molar-refractivity contribution in [2.75, 3.05) is 19.6 Å². The van der Waals surface area contributed by atoms with Gasteiger partial charge in [0.15, 0.2) is 5.78 Å². The van der Waals surface area contributed by atoms with E-state index in [0.29, 0.717) is 38.9 Å². The zero-order valence-electron chi connectivity index (χ0n) is 31.5. The lowest BCUT2D eigenvalue weighted by Gasteiger charge is -2.41. The monoisotopic (exact) mass is 729 g/mol. The molecule has 0 bridgehead atoms. The summed E-state index contributed by atoms with van der Waals surface area (Å²) in [6.45, 7) is 7.56. The van der Waals surface area contributed by atoms with Crippen molar-refractivity contribution in [1.29, 1.82) is 0 Å². The van der Waals surface area contributed by atoms with Crippen LogP contribution in [0.5, 0.6) is 0 Å². The minimum atomic E-state index is -3.49. The lowest BCUT2D eigenvalue weighted by atomic mass is 9.67. The van der Waals surface area contributed by atoms with Crippen LogP contribution in [-0.2, 0) is 34.0 Å². The molecule has 3 aliphatic heterocycles. The van der Waals surface area contributed by atoms with E-state index in [4.69, 9.17) is 0 Å². The van der Waals surface area contributed by atoms with Gasteiger partial charge < -0.3 is 10.2 Å². The summed E-state index contributed by atoms with van der Waals surface area (Å²) in [6.07, 6.45) is 14.5. The van der Waals surface area contributed by atoms with Crippen molar-refractivity contribution in [3.63, 3.8) is 0 Å². The molecule has 6 fully saturated rings. The van der Waals surface area contributed by atoms with Gasteiger partial charge in [0.1, 0.15) is 5.78 Å². The Morgan fingerprint density at radius 3 is 2.10 bits per heavy atom. The fraction of sp³-hybridized carbons (Fsp3) is 0.875. The van der Waals surface area contributed by atoms with E-state index in [1.54, 1.807) is 9.21 Å². The second-order valence-corrected chi connectivity index (χ2v) is 19.9. The Balaban J connectivity index is 1.22. The van der Waals surface area contributed by atoms with Gasteiger partial charge in [0.05, 0.1) is 11.3 Å². The molecule has 1 N–H and O–H groups in total. The minimum absolute atomic E-state index is 0.000166. The Hall–Kier alpha value is -2.14. The van der Waals surface area contributed by atoms with Crippen molar-refractivity contribution in [2.24, 2.45) is 34.5 Å². The fourth-order valence-corrected chi connectivity index (χ4v) is 13.2. The average Bonchev–Trinajstić information content (AvgIpc) is 3.88. The maximum atomic E-state index is 14.6. The molecule has 0 radical (unpaired) electrons. The first-order chi connectivity index (χ1) is 24.3. The lowest BCUT2D eigenvalue weighted by Crippen LogP contribution is -2.49. The third-order valence-corrected chi connectivity index (χ3v) is 16.6. The number of amides is 2. The van der Waals surface area contributed by atoms with Crippen LogP contribution in [0.1, 0.15) is 149 Å². The van der Waals surface area contributed by atoms with Gasteiger partial charge >= 0.3 is 0 Å². The van der Waals surface area contributed by atoms with Crippen LogP contribution in [0, 0.1) is 34.5 Å². The molecule has 6 rings (SSSR count). The van der Waals surface area contributed by atoms with Crippen LogP contribution < -0.4 is 5.32 Å². The third-order valence-electron chi connectivity index (χ3n) is 14.0. The van der Waals surface area contributed by atoms with Crippen LogP contribution in [0.3, 0.4) is 0 Å². The summed E-state index contributed by atoms with van der Waals surface area (Å²) in [7, 11) is -3.49. The predicted octanol–water partition coefficient (Wildman–Crippen LogP) is 5.76. The van der Waals surface area contributed by atoms with Crippen molar-refractivity contribution in [1.82, 2.24) is 14.5 Å². The van der Waals surface area contributed by atoms with Crippen molar-refractivity contribution in [3.05, 3.63) is 0 Å². The van der Waals surface area contributed by atoms with Crippen LogP contribution in [0.25, 0.3) is 0 Å². The van der Waals surface area contributed by atoms with Gasteiger partial charge in [0.2, 0.25) is 21.7 Å². The number of carbonyl (C=O) groups excluding carboxylic acids is 5. The SMILES string of the molecule is CCN1CC[C@@H](C2(CC(=O)C[C@H]3CCCCCCCCC[C@@H](C(=O)C(=O)NC4CC4)CC(=O)[C@@H]4[C@@H]5[C@H](CN4C3=O)C5(C)C)CCCCC2)S1(=O)=O. The Morgan fingerprint density at radius 2 is 1.47 bits per heavy atom. The quantitative estimate of drug-likeness (QED) is 0.298. The zero-order valence-corrected chi connectivity index (χ0v) is 32.3. The number of carbonyl (C=O) groups is 5. The maximum Gasteiger partial charge on any atom is 0.287 e. The highest BCUT2D eigenvalue weighted by atomic mass is 32.2. The molecule has 10 nitrogen and oxygen atoms in total. The van der Waals surface area contributed by atoms with E-state index >= 15 is 0 Å². The van der Waals surface area contributed by atoms with E-state index in [9.17, 15) is 32.4 Å². The number of hydrogen-bond donors (Lipinski definition) is 1. The second kappa shape index (κ2) is 15.7. The molecule has 0 aromatic heterocycles. The molecule has 2 amide bonds. The molecule has 0 spiro atoms. The van der Waals surface area contributed by atoms with Crippen LogP contribution >= 0.6 is 0 Å². The Morgan fingerprint density at radius 1 is 0.843 bits per heavy atom. The Labute approximate surface area is 306 Å². The number of Topliss-reactive ketones (excluding diaryl/α,β-unsaturated/α-hetero) is 3. The van der Waals surface area contributed by atoms with Crippen molar-refractivity contribution in [3.8, 4) is 0 Å². The summed E-state index contributed by atoms with van der Waals surface area (Å²) in [5, 5.41) is 2.26. The van der Waals surface area contributed by atoms with Crippen LogP contribution in [0.4, 0.5) is 0 Å². The average molecular weight is 730 g/mol. The molecule has 11 heteroatoms. The molecule has 0 aromatic rings. The third kappa shape index (κ3) is 8.19. The van der Waals surface area contributed by atoms with Crippen LogP contribution in [-0.4, -0.2) is 83.8 Å². The summed E-state index contributed by atoms with van der Waals surface area (Å²) in [6, 6.07) is -0.598. The van der Waals surface area contributed by atoms with E-state index in [1.165, 1.54) is 0 Å². The van der Waals surface area contributed by atoms with Gasteiger partial charge in [0.25, 0.3) is 5.91 Å². The van der Waals surface area contributed by atoms with Crippen LogP contribution in [0.15, 0.2) is 0 Å². The van der Waals surface area contributed by atoms with Gasteiger partial charge in [-0.15, -0.1) is 0 Å². The van der Waals surface area contributed by atoms with Gasteiger partial charge in [-0.1, -0.05) is 85.0 Å². The predicted molar refractivity (Wildman–Crippen MR) is 195 cm³/mol. The second-order valence-electron chi connectivity index (χ2n) is 17.8. The van der Waals surface area contributed by atoms with Crippen molar-refractivity contribution < 1.29 is 32.4 Å². The molecule has 0 aromatic carbocycles. The Kier molecular flexibility index (Phi) is 11.9. The summed E-state index contributed by atoms with van der Waals surface area (Å²) in [5.41, 5.74) is -0.691. The minimum Gasteiger partial charge on any atom is -0.347 e. The molecule has 3 aliphatic carbocycles. The number of fused-ring (bicyclic) bond motifs is 3. The molecule has 6 atom stereocenters. The first-order valence-corrected chi connectivity index (χ1v) is 22.0. The molecular formula is C40H63N3O7S. The van der Waals surface area contributed by atoms with Gasteiger partial charge in [-0.05, 0) is 67.6 Å². The van der Waals surface area contributed by atoms with E-state index < -0.39 is 50.3 Å². The van der Waals surface area contributed by atoms with Gasteiger partial charge in [-0.25, -0.2) is 12.7 Å². The smallest absolute Gasteiger partial charge is 0.287 e. The number of rotatable bonds is 9. The molecule has 51 heavy (non-hydrogen) atoms. The number of hydrogen-bond acceptors (Lipinski definition) is 7. The highest BCUT2D eigenvalue weighted by Gasteiger charge is 2.69. The topological polar surface area (TPSA) is 138 Å². The molecule has 3 heterocycles. The number of ketones is 3. The molecule has 3 saturated carbocycles. The first-order valence-electron chi connectivity index (χ1n) is 20.5. The first kappa shape index (κ1) is 38.6. The summed E-state index contributed by atoms with van der Waals surface area (Å²) >= 11 is 0. The van der Waals surface area contributed by atoms with Gasteiger partial charge in [-0.3, -0.25) is 24.0 Å². The highest BCUT2D eigenvalue weighted by molar-refractivity contribution is 7.90. The molecule has 0 unspecified atom stereocenters. The maximum absolute atomic E-state index is 14.6. The highest BCUT2D eigenvalue weighted by Crippen LogP contribution is 2.65. The van der Waals surface area contributed by atoms with Crippen molar-refractivity contribution >= 4 is 39.2 Å². The molecular weight excluding hydrogens is 667 g/mol. The molecule has 3 saturated heterocycles. The zero-order chi connectivity index (χ0) is 36.6. The fourth-order valence-electron chi connectivity index (χ4n) is 10.7. The van der Waals surface area contributed by atoms with Crippen LogP contribution in [0.2, 0.25) is 0 Å². The van der Waals surface area contributed by atoms with E-state index in [2.05, 4.69) is 19.2 Å². The summed E-state index contributed by atoms with van der Waals surface area (Å²) in [4.78, 5) is 71.2. The van der Waals surface area contributed by atoms with Gasteiger partial charge in [0, 0.05) is 56.8 Å². The molecule has 286 valence electrons. The number of sulfonamides is 1. The largest absolute Gasteiger partial charge is 0.347 e. The lowest BCUT2D eigenvalue weighted by molar-refractivity contribution is -0.146. The van der Waals surface area contributed by atoms with E-state index in [0.717, 1.165) is 89.9 Å². The van der Waals surface area contributed by atoms with E-state index in [-0.39, 0.29) is 60.0 Å². The van der Waals surface area contributed by atoms with Gasteiger partial charge in [-0.2, -0.15) is 0 Å². The number of nitrogens with zero attached hydrogens (tertiary/aromatic N) is 2. The Bertz CT molecular complexity index is 1450. The summed E-state index contributed by atoms with van der Waals surface area (Å²) < 4.78 is 28.8.